The van der Waals surface area contributed by atoms with Crippen molar-refractivity contribution in [2.75, 3.05) is 0 Å². The molecule has 1 aliphatic heterocycles. The van der Waals surface area contributed by atoms with Gasteiger partial charge in [-0.2, -0.15) is 0 Å². The molecule has 6 atom stereocenters. The van der Waals surface area contributed by atoms with Crippen molar-refractivity contribution in [1.29, 1.82) is 0 Å². The lowest BCUT2D eigenvalue weighted by molar-refractivity contribution is -0.254. The maximum Gasteiger partial charge on any atom is 0.158 e. The summed E-state index contributed by atoms with van der Waals surface area (Å²) < 4.78 is 17.4. The highest BCUT2D eigenvalue weighted by molar-refractivity contribution is 4.76. The van der Waals surface area contributed by atoms with Crippen LogP contribution in [0.5, 0.6) is 0 Å². The second kappa shape index (κ2) is 9.74. The van der Waals surface area contributed by atoms with E-state index in [1.54, 1.807) is 13.8 Å². The Morgan fingerprint density at radius 2 is 1.81 bits per heavy atom. The molecule has 2 N–H and O–H groups in total. The molecule has 0 aromatic heterocycles. The molecule has 0 amide bonds. The quantitative estimate of drug-likeness (QED) is 0.641. The standard InChI is InChI=1S/C16H32O5/c1-5-7-16-20-13(6-2)9-15(21-16)10-14(8-11(3)17)19-12(4)18/h11-18H,5-10H2,1-4H3. The summed E-state index contributed by atoms with van der Waals surface area (Å²) in [6.07, 6.45) is 3.56. The molecule has 5 nitrogen and oxygen atoms in total. The van der Waals surface area contributed by atoms with Gasteiger partial charge in [-0.3, -0.25) is 0 Å². The smallest absolute Gasteiger partial charge is 0.158 e. The third-order valence-corrected chi connectivity index (χ3v) is 3.71. The van der Waals surface area contributed by atoms with Gasteiger partial charge in [0.15, 0.2) is 12.6 Å². The van der Waals surface area contributed by atoms with E-state index in [2.05, 4.69) is 13.8 Å². The zero-order valence-corrected chi connectivity index (χ0v) is 13.8. The second-order valence-electron chi connectivity index (χ2n) is 6.06. The van der Waals surface area contributed by atoms with Gasteiger partial charge in [-0.1, -0.05) is 20.3 Å². The Labute approximate surface area is 128 Å². The molecule has 0 bridgehead atoms. The maximum atomic E-state index is 9.57. The van der Waals surface area contributed by atoms with Crippen LogP contribution in [0.15, 0.2) is 0 Å². The average molecular weight is 304 g/mol. The van der Waals surface area contributed by atoms with Gasteiger partial charge in [0, 0.05) is 12.8 Å². The Balaban J connectivity index is 2.57. The summed E-state index contributed by atoms with van der Waals surface area (Å²) in [4.78, 5) is 0. The number of rotatable bonds is 9. The van der Waals surface area contributed by atoms with Crippen molar-refractivity contribution in [3.05, 3.63) is 0 Å². The summed E-state index contributed by atoms with van der Waals surface area (Å²) in [6, 6.07) is 0. The third-order valence-electron chi connectivity index (χ3n) is 3.71. The highest BCUT2D eigenvalue weighted by Gasteiger charge is 2.31. The molecule has 1 heterocycles. The molecule has 1 aliphatic rings. The number of ether oxygens (including phenoxy) is 3. The van der Waals surface area contributed by atoms with Crippen LogP contribution in [0.4, 0.5) is 0 Å². The average Bonchev–Trinajstić information content (AvgIpc) is 2.37. The molecule has 0 aliphatic carbocycles. The largest absolute Gasteiger partial charge is 0.393 e. The minimum absolute atomic E-state index is 0.0581. The van der Waals surface area contributed by atoms with Crippen molar-refractivity contribution >= 4 is 0 Å². The van der Waals surface area contributed by atoms with Crippen LogP contribution in [0.3, 0.4) is 0 Å². The molecule has 1 saturated heterocycles. The van der Waals surface area contributed by atoms with E-state index >= 15 is 0 Å². The molecular weight excluding hydrogens is 272 g/mol. The van der Waals surface area contributed by atoms with Crippen molar-refractivity contribution in [3.8, 4) is 0 Å². The van der Waals surface area contributed by atoms with Crippen molar-refractivity contribution < 1.29 is 24.4 Å². The van der Waals surface area contributed by atoms with E-state index in [1.165, 1.54) is 0 Å². The fourth-order valence-electron chi connectivity index (χ4n) is 2.81. The summed E-state index contributed by atoms with van der Waals surface area (Å²) in [7, 11) is 0. The van der Waals surface area contributed by atoms with Crippen LogP contribution >= 0.6 is 0 Å². The van der Waals surface area contributed by atoms with E-state index in [9.17, 15) is 10.2 Å². The highest BCUT2D eigenvalue weighted by atomic mass is 16.7. The van der Waals surface area contributed by atoms with Gasteiger partial charge < -0.3 is 24.4 Å². The molecule has 1 rings (SSSR count). The summed E-state index contributed by atoms with van der Waals surface area (Å²) >= 11 is 0. The van der Waals surface area contributed by atoms with Crippen LogP contribution in [0.1, 0.15) is 66.2 Å². The first-order chi connectivity index (χ1) is 9.94. The fraction of sp³-hybridized carbons (Fsp3) is 1.00. The van der Waals surface area contributed by atoms with Crippen LogP contribution in [0.2, 0.25) is 0 Å². The maximum absolute atomic E-state index is 9.57. The molecular formula is C16H32O5. The zero-order chi connectivity index (χ0) is 15.8. The van der Waals surface area contributed by atoms with Gasteiger partial charge in [0.05, 0.1) is 24.4 Å². The fourth-order valence-corrected chi connectivity index (χ4v) is 2.81. The van der Waals surface area contributed by atoms with Crippen LogP contribution in [0, 0.1) is 0 Å². The lowest BCUT2D eigenvalue weighted by atomic mass is 9.99. The minimum atomic E-state index is -0.831. The van der Waals surface area contributed by atoms with Crippen LogP contribution in [-0.4, -0.2) is 47.2 Å². The predicted molar refractivity (Wildman–Crippen MR) is 80.8 cm³/mol. The Kier molecular flexibility index (Phi) is 8.74. The Morgan fingerprint density at radius 1 is 1.14 bits per heavy atom. The summed E-state index contributed by atoms with van der Waals surface area (Å²) in [5.74, 6) is 0. The monoisotopic (exact) mass is 304 g/mol. The number of aliphatic hydroxyl groups is 2. The third kappa shape index (κ3) is 7.56. The van der Waals surface area contributed by atoms with Crippen LogP contribution in [0.25, 0.3) is 0 Å². The second-order valence-corrected chi connectivity index (χ2v) is 6.06. The number of hydrogen-bond donors (Lipinski definition) is 2. The van der Waals surface area contributed by atoms with Gasteiger partial charge >= 0.3 is 0 Å². The lowest BCUT2D eigenvalue weighted by Crippen LogP contribution is -2.40. The van der Waals surface area contributed by atoms with Crippen molar-refractivity contribution in [1.82, 2.24) is 0 Å². The Bertz CT molecular complexity index is 259. The van der Waals surface area contributed by atoms with E-state index in [1.807, 2.05) is 0 Å². The molecule has 0 saturated carbocycles. The molecule has 6 unspecified atom stereocenters. The Morgan fingerprint density at radius 3 is 2.33 bits per heavy atom. The first-order valence-corrected chi connectivity index (χ1v) is 8.27. The topological polar surface area (TPSA) is 68.2 Å². The van der Waals surface area contributed by atoms with Gasteiger partial charge in [-0.15, -0.1) is 0 Å². The van der Waals surface area contributed by atoms with E-state index in [0.717, 1.165) is 25.7 Å². The first-order valence-electron chi connectivity index (χ1n) is 8.27. The summed E-state index contributed by atoms with van der Waals surface area (Å²) in [5, 5.41) is 19.0. The Hall–Kier alpha value is -0.200. The van der Waals surface area contributed by atoms with Gasteiger partial charge in [-0.25, -0.2) is 0 Å². The van der Waals surface area contributed by atoms with Crippen molar-refractivity contribution in [3.63, 3.8) is 0 Å². The molecule has 1 fully saturated rings. The molecule has 21 heavy (non-hydrogen) atoms. The summed E-state index contributed by atoms with van der Waals surface area (Å²) in [6.45, 7) is 7.56. The molecule has 0 spiro atoms. The molecule has 0 aromatic rings. The van der Waals surface area contributed by atoms with Crippen LogP contribution in [-0.2, 0) is 14.2 Å². The molecule has 5 heteroatoms. The van der Waals surface area contributed by atoms with E-state index in [-0.39, 0.29) is 24.6 Å². The first kappa shape index (κ1) is 18.8. The van der Waals surface area contributed by atoms with Crippen LogP contribution < -0.4 is 0 Å². The molecule has 0 aromatic carbocycles. The highest BCUT2D eigenvalue weighted by Crippen LogP contribution is 2.27. The van der Waals surface area contributed by atoms with Crippen molar-refractivity contribution in [2.24, 2.45) is 0 Å². The predicted octanol–water partition coefficient (Wildman–Crippen LogP) is 2.58. The zero-order valence-electron chi connectivity index (χ0n) is 13.8. The van der Waals surface area contributed by atoms with Gasteiger partial charge in [-0.05, 0) is 33.1 Å². The van der Waals surface area contributed by atoms with Crippen molar-refractivity contribution in [2.45, 2.75) is 103 Å². The lowest BCUT2D eigenvalue weighted by Gasteiger charge is -2.37. The number of hydrogen-bond acceptors (Lipinski definition) is 5. The van der Waals surface area contributed by atoms with Gasteiger partial charge in [0.1, 0.15) is 0 Å². The number of aliphatic hydroxyl groups excluding tert-OH is 2. The summed E-state index contributed by atoms with van der Waals surface area (Å²) in [5.41, 5.74) is 0. The molecule has 0 radical (unpaired) electrons. The van der Waals surface area contributed by atoms with Gasteiger partial charge in [0.25, 0.3) is 0 Å². The van der Waals surface area contributed by atoms with E-state index in [0.29, 0.717) is 12.8 Å². The molecule has 126 valence electrons. The minimum Gasteiger partial charge on any atom is -0.393 e. The van der Waals surface area contributed by atoms with E-state index < -0.39 is 12.4 Å². The van der Waals surface area contributed by atoms with Gasteiger partial charge in [0.2, 0.25) is 0 Å². The van der Waals surface area contributed by atoms with E-state index in [4.69, 9.17) is 14.2 Å². The normalized spacial score (nSPS) is 30.9. The SMILES string of the molecule is CCCC1OC(CC)CC(CC(CC(C)O)OC(C)O)O1.